The number of carbonyl (C=O) groups is 2. The van der Waals surface area contributed by atoms with Crippen molar-refractivity contribution in [3.63, 3.8) is 0 Å². The predicted molar refractivity (Wildman–Crippen MR) is 118 cm³/mol. The molecule has 166 valence electrons. The van der Waals surface area contributed by atoms with Crippen LogP contribution < -0.4 is 19.5 Å². The molecular formula is C24H30N2O5. The van der Waals surface area contributed by atoms with Crippen LogP contribution in [0.15, 0.2) is 42.5 Å². The van der Waals surface area contributed by atoms with Crippen LogP contribution in [0.1, 0.15) is 35.2 Å². The number of aryl methyl sites for hydroxylation is 1. The number of carbonyl (C=O) groups excluding carboxylic acids is 2. The number of nitrogens with one attached hydrogen (secondary N) is 1. The molecule has 2 aromatic rings. The lowest BCUT2D eigenvalue weighted by Gasteiger charge is -2.32. The highest BCUT2D eigenvalue weighted by Gasteiger charge is 2.25. The van der Waals surface area contributed by atoms with Crippen molar-refractivity contribution in [2.45, 2.75) is 31.7 Å². The largest absolute Gasteiger partial charge is 0.497 e. The van der Waals surface area contributed by atoms with Gasteiger partial charge >= 0.3 is 0 Å². The van der Waals surface area contributed by atoms with E-state index in [0.717, 1.165) is 24.2 Å². The Morgan fingerprint density at radius 1 is 0.935 bits per heavy atom. The van der Waals surface area contributed by atoms with Crippen LogP contribution in [0.4, 0.5) is 0 Å². The van der Waals surface area contributed by atoms with E-state index >= 15 is 0 Å². The van der Waals surface area contributed by atoms with Gasteiger partial charge in [-0.15, -0.1) is 0 Å². The first-order valence-electron chi connectivity index (χ1n) is 10.5. The number of amides is 2. The summed E-state index contributed by atoms with van der Waals surface area (Å²) in [5.74, 6) is 1.94. The first-order valence-corrected chi connectivity index (χ1v) is 10.5. The van der Waals surface area contributed by atoms with E-state index in [0.29, 0.717) is 43.0 Å². The normalized spacial score (nSPS) is 14.1. The third-order valence-corrected chi connectivity index (χ3v) is 5.58. The summed E-state index contributed by atoms with van der Waals surface area (Å²) >= 11 is 0. The van der Waals surface area contributed by atoms with Crippen LogP contribution in [0.2, 0.25) is 0 Å². The van der Waals surface area contributed by atoms with Gasteiger partial charge in [0.1, 0.15) is 5.75 Å². The van der Waals surface area contributed by atoms with E-state index < -0.39 is 0 Å². The Labute approximate surface area is 183 Å². The Morgan fingerprint density at radius 2 is 1.61 bits per heavy atom. The molecule has 31 heavy (non-hydrogen) atoms. The monoisotopic (exact) mass is 426 g/mol. The van der Waals surface area contributed by atoms with Crippen LogP contribution in [0.3, 0.4) is 0 Å². The van der Waals surface area contributed by atoms with Gasteiger partial charge < -0.3 is 24.4 Å². The number of benzene rings is 2. The molecule has 0 bridgehead atoms. The second kappa shape index (κ2) is 10.7. The first kappa shape index (κ1) is 22.5. The Morgan fingerprint density at radius 3 is 2.23 bits per heavy atom. The molecule has 0 spiro atoms. The topological polar surface area (TPSA) is 77.1 Å². The molecule has 1 saturated heterocycles. The highest BCUT2D eigenvalue weighted by Crippen LogP contribution is 2.28. The minimum atomic E-state index is -0.0368. The number of hydrogen-bond acceptors (Lipinski definition) is 5. The van der Waals surface area contributed by atoms with Crippen molar-refractivity contribution >= 4 is 11.8 Å². The highest BCUT2D eigenvalue weighted by atomic mass is 16.5. The predicted octanol–water partition coefficient (Wildman–Crippen LogP) is 3.07. The molecule has 1 fully saturated rings. The first-order chi connectivity index (χ1) is 15.0. The van der Waals surface area contributed by atoms with Crippen molar-refractivity contribution in [2.24, 2.45) is 0 Å². The van der Waals surface area contributed by atoms with E-state index in [4.69, 9.17) is 14.2 Å². The van der Waals surface area contributed by atoms with Gasteiger partial charge in [-0.1, -0.05) is 12.1 Å². The molecule has 0 saturated carbocycles. The van der Waals surface area contributed by atoms with E-state index in [1.54, 1.807) is 39.5 Å². The smallest absolute Gasteiger partial charge is 0.253 e. The summed E-state index contributed by atoms with van der Waals surface area (Å²) in [6, 6.07) is 13.0. The number of piperidine rings is 1. The van der Waals surface area contributed by atoms with Gasteiger partial charge in [0.15, 0.2) is 11.5 Å². The fourth-order valence-corrected chi connectivity index (χ4v) is 3.73. The van der Waals surface area contributed by atoms with Crippen LogP contribution in [0.5, 0.6) is 17.2 Å². The zero-order valence-electron chi connectivity index (χ0n) is 18.3. The summed E-state index contributed by atoms with van der Waals surface area (Å²) < 4.78 is 15.7. The molecule has 1 aliphatic rings. The number of rotatable bonds is 8. The van der Waals surface area contributed by atoms with Gasteiger partial charge in [0, 0.05) is 31.1 Å². The summed E-state index contributed by atoms with van der Waals surface area (Å²) in [4.78, 5) is 27.0. The minimum Gasteiger partial charge on any atom is -0.497 e. The molecule has 0 atom stereocenters. The van der Waals surface area contributed by atoms with Crippen LogP contribution in [-0.2, 0) is 11.2 Å². The van der Waals surface area contributed by atoms with Crippen molar-refractivity contribution < 1.29 is 23.8 Å². The molecule has 0 aromatic heterocycles. The van der Waals surface area contributed by atoms with Crippen molar-refractivity contribution in [3.8, 4) is 17.2 Å². The second-order valence-electron chi connectivity index (χ2n) is 7.55. The molecule has 0 radical (unpaired) electrons. The quantitative estimate of drug-likeness (QED) is 0.702. The van der Waals surface area contributed by atoms with Crippen molar-refractivity contribution in [3.05, 3.63) is 53.6 Å². The highest BCUT2D eigenvalue weighted by molar-refractivity contribution is 5.95. The summed E-state index contributed by atoms with van der Waals surface area (Å²) in [7, 11) is 4.75. The fraction of sp³-hybridized carbons (Fsp3) is 0.417. The van der Waals surface area contributed by atoms with Gasteiger partial charge in [-0.2, -0.15) is 0 Å². The van der Waals surface area contributed by atoms with E-state index in [1.807, 2.05) is 29.2 Å². The average Bonchev–Trinajstić information content (AvgIpc) is 2.82. The van der Waals surface area contributed by atoms with Gasteiger partial charge in [-0.05, 0) is 55.2 Å². The lowest BCUT2D eigenvalue weighted by atomic mass is 10.0. The minimum absolute atomic E-state index is 0.0368. The van der Waals surface area contributed by atoms with Gasteiger partial charge in [-0.3, -0.25) is 9.59 Å². The molecule has 2 aromatic carbocycles. The van der Waals surface area contributed by atoms with E-state index in [2.05, 4.69) is 5.32 Å². The number of hydrogen-bond donors (Lipinski definition) is 1. The number of methoxy groups -OCH3 is 3. The average molecular weight is 427 g/mol. The molecule has 0 unspecified atom stereocenters. The zero-order chi connectivity index (χ0) is 22.2. The SMILES string of the molecule is COc1ccc(CCC(=O)NC2CCN(C(=O)c3ccc(OC)c(OC)c3)CC2)cc1. The third kappa shape index (κ3) is 5.90. The molecule has 1 heterocycles. The molecule has 1 N–H and O–H groups in total. The van der Waals surface area contributed by atoms with Gasteiger partial charge in [0.25, 0.3) is 5.91 Å². The standard InChI is InChI=1S/C24H30N2O5/c1-29-20-8-4-17(5-9-20)6-11-23(27)25-19-12-14-26(15-13-19)24(28)18-7-10-21(30-2)22(16-18)31-3/h4-5,7-10,16,19H,6,11-15H2,1-3H3,(H,25,27). The number of ether oxygens (including phenoxy) is 3. The Kier molecular flexibility index (Phi) is 7.76. The maximum Gasteiger partial charge on any atom is 0.253 e. The summed E-state index contributed by atoms with van der Waals surface area (Å²) in [6.45, 7) is 1.22. The Bertz CT molecular complexity index is 889. The van der Waals surface area contributed by atoms with Gasteiger partial charge in [0.05, 0.1) is 21.3 Å². The molecule has 2 amide bonds. The van der Waals surface area contributed by atoms with Crippen LogP contribution in [0.25, 0.3) is 0 Å². The zero-order valence-corrected chi connectivity index (χ0v) is 18.3. The van der Waals surface area contributed by atoms with E-state index in [1.165, 1.54) is 0 Å². The summed E-state index contributed by atoms with van der Waals surface area (Å²) in [5.41, 5.74) is 1.67. The third-order valence-electron chi connectivity index (χ3n) is 5.58. The lowest BCUT2D eigenvalue weighted by Crippen LogP contribution is -2.46. The fourth-order valence-electron chi connectivity index (χ4n) is 3.73. The molecule has 3 rings (SSSR count). The van der Waals surface area contributed by atoms with Gasteiger partial charge in [-0.25, -0.2) is 0 Å². The molecule has 0 aliphatic carbocycles. The van der Waals surface area contributed by atoms with Crippen molar-refractivity contribution in [2.75, 3.05) is 34.4 Å². The van der Waals surface area contributed by atoms with E-state index in [9.17, 15) is 9.59 Å². The van der Waals surface area contributed by atoms with Crippen molar-refractivity contribution in [1.82, 2.24) is 10.2 Å². The van der Waals surface area contributed by atoms with Crippen LogP contribution >= 0.6 is 0 Å². The van der Waals surface area contributed by atoms with E-state index in [-0.39, 0.29) is 17.9 Å². The number of likely N-dealkylation sites (tertiary alicyclic amines) is 1. The second-order valence-corrected chi connectivity index (χ2v) is 7.55. The van der Waals surface area contributed by atoms with Crippen LogP contribution in [0, 0.1) is 0 Å². The summed E-state index contributed by atoms with van der Waals surface area (Å²) in [5, 5.41) is 3.11. The maximum atomic E-state index is 12.8. The molecular weight excluding hydrogens is 396 g/mol. The number of nitrogens with zero attached hydrogens (tertiary/aromatic N) is 1. The Hall–Kier alpha value is -3.22. The van der Waals surface area contributed by atoms with Crippen molar-refractivity contribution in [1.29, 1.82) is 0 Å². The molecule has 1 aliphatic heterocycles. The molecule has 7 heteroatoms. The molecule has 7 nitrogen and oxygen atoms in total. The van der Waals surface area contributed by atoms with Crippen LogP contribution in [-0.4, -0.2) is 57.2 Å². The maximum absolute atomic E-state index is 12.8. The Balaban J connectivity index is 1.45. The lowest BCUT2D eigenvalue weighted by molar-refractivity contribution is -0.122. The summed E-state index contributed by atoms with van der Waals surface area (Å²) in [6.07, 6.45) is 2.62. The van der Waals surface area contributed by atoms with Gasteiger partial charge in [0.2, 0.25) is 5.91 Å².